The number of nitrogens with zero attached hydrogens (tertiary/aromatic N) is 2. The highest BCUT2D eigenvalue weighted by Gasteiger charge is 2.33. The summed E-state index contributed by atoms with van der Waals surface area (Å²) in [5.41, 5.74) is 0. The number of carbonyl (C=O) groups is 2. The van der Waals surface area contributed by atoms with Gasteiger partial charge in [-0.2, -0.15) is 5.10 Å². The molecule has 0 aromatic carbocycles. The zero-order valence-electron chi connectivity index (χ0n) is 9.67. The molecule has 0 saturated heterocycles. The van der Waals surface area contributed by atoms with Crippen LogP contribution < -0.4 is 5.32 Å². The molecule has 0 spiro atoms. The first-order valence-electron chi connectivity index (χ1n) is 5.68. The van der Waals surface area contributed by atoms with E-state index in [1.807, 2.05) is 6.08 Å². The first-order chi connectivity index (χ1) is 8.68. The van der Waals surface area contributed by atoms with Crippen molar-refractivity contribution in [2.45, 2.75) is 19.4 Å². The number of nitrogens with one attached hydrogen (secondary N) is 2. The molecular formula is C11H14N4O3. The second kappa shape index (κ2) is 5.44. The Hall–Kier alpha value is -2.18. The van der Waals surface area contributed by atoms with E-state index in [0.717, 1.165) is 0 Å². The smallest absolute Gasteiger partial charge is 0.307 e. The van der Waals surface area contributed by atoms with Crippen LogP contribution in [0.3, 0.4) is 0 Å². The summed E-state index contributed by atoms with van der Waals surface area (Å²) < 4.78 is 0. The van der Waals surface area contributed by atoms with Gasteiger partial charge >= 0.3 is 5.97 Å². The van der Waals surface area contributed by atoms with E-state index in [2.05, 4.69) is 20.5 Å². The number of amides is 1. The van der Waals surface area contributed by atoms with Crippen LogP contribution in [-0.2, 0) is 16.1 Å². The molecule has 18 heavy (non-hydrogen) atoms. The summed E-state index contributed by atoms with van der Waals surface area (Å²) in [7, 11) is 0. The highest BCUT2D eigenvalue weighted by Crippen LogP contribution is 2.25. The molecule has 2 rings (SSSR count). The molecule has 1 aliphatic carbocycles. The van der Waals surface area contributed by atoms with Crippen LogP contribution in [0.2, 0.25) is 0 Å². The summed E-state index contributed by atoms with van der Waals surface area (Å²) in [6.45, 7) is 0.228. The molecule has 1 aliphatic rings. The van der Waals surface area contributed by atoms with E-state index < -0.39 is 17.8 Å². The van der Waals surface area contributed by atoms with Crippen molar-refractivity contribution in [1.29, 1.82) is 0 Å². The summed E-state index contributed by atoms with van der Waals surface area (Å²) in [4.78, 5) is 26.9. The average molecular weight is 250 g/mol. The fourth-order valence-corrected chi connectivity index (χ4v) is 1.99. The molecule has 0 saturated carbocycles. The third-order valence-electron chi connectivity index (χ3n) is 2.98. The van der Waals surface area contributed by atoms with Gasteiger partial charge in [0.1, 0.15) is 12.2 Å². The average Bonchev–Trinajstić information content (AvgIpc) is 2.89. The highest BCUT2D eigenvalue weighted by atomic mass is 16.4. The Morgan fingerprint density at radius 2 is 2.11 bits per heavy atom. The van der Waals surface area contributed by atoms with Gasteiger partial charge in [0.05, 0.1) is 18.4 Å². The van der Waals surface area contributed by atoms with Gasteiger partial charge in [0.2, 0.25) is 5.91 Å². The summed E-state index contributed by atoms with van der Waals surface area (Å²) in [6.07, 6.45) is 5.86. The molecule has 7 nitrogen and oxygen atoms in total. The Bertz CT molecular complexity index is 455. The number of carboxylic acids is 1. The lowest BCUT2D eigenvalue weighted by Gasteiger charge is -2.23. The third-order valence-corrected chi connectivity index (χ3v) is 2.98. The zero-order chi connectivity index (χ0) is 13.0. The van der Waals surface area contributed by atoms with Crippen LogP contribution >= 0.6 is 0 Å². The molecule has 7 heteroatoms. The summed E-state index contributed by atoms with van der Waals surface area (Å²) in [5, 5.41) is 18.0. The lowest BCUT2D eigenvalue weighted by molar-refractivity contribution is -0.147. The Kier molecular flexibility index (Phi) is 3.71. The second-order valence-corrected chi connectivity index (χ2v) is 4.14. The quantitative estimate of drug-likeness (QED) is 0.656. The largest absolute Gasteiger partial charge is 0.481 e. The summed E-state index contributed by atoms with van der Waals surface area (Å²) in [6, 6.07) is 0. The van der Waals surface area contributed by atoms with Crippen LogP contribution in [0.5, 0.6) is 0 Å². The van der Waals surface area contributed by atoms with E-state index in [1.165, 1.54) is 6.33 Å². The van der Waals surface area contributed by atoms with Gasteiger partial charge in [-0.25, -0.2) is 4.98 Å². The number of carbonyl (C=O) groups excluding carboxylic acids is 1. The first kappa shape index (κ1) is 12.3. The zero-order valence-corrected chi connectivity index (χ0v) is 9.67. The topological polar surface area (TPSA) is 108 Å². The standard InChI is InChI=1S/C11H14N4O3/c16-10(12-5-9-13-6-14-15-9)7-3-1-2-4-8(7)11(17)18/h1-2,6-8H,3-5H2,(H,12,16)(H,17,18)(H,13,14,15)/t7-,8+/m1/s1. The number of rotatable bonds is 4. The minimum absolute atomic E-state index is 0.228. The molecule has 96 valence electrons. The van der Waals surface area contributed by atoms with Crippen LogP contribution in [0.1, 0.15) is 18.7 Å². The van der Waals surface area contributed by atoms with Gasteiger partial charge in [0.15, 0.2) is 0 Å². The van der Waals surface area contributed by atoms with Gasteiger partial charge in [-0.3, -0.25) is 14.7 Å². The predicted octanol–water partition coefficient (Wildman–Crippen LogP) is 0.0879. The number of aliphatic carboxylic acids is 1. The van der Waals surface area contributed by atoms with Gasteiger partial charge in [0.25, 0.3) is 0 Å². The first-order valence-corrected chi connectivity index (χ1v) is 5.68. The number of aromatic amines is 1. The predicted molar refractivity (Wildman–Crippen MR) is 61.2 cm³/mol. The maximum Gasteiger partial charge on any atom is 0.307 e. The molecule has 1 heterocycles. The number of carboxylic acid groups (broad SMARTS) is 1. The van der Waals surface area contributed by atoms with Crippen LogP contribution in [-0.4, -0.2) is 32.2 Å². The van der Waals surface area contributed by atoms with Crippen molar-refractivity contribution < 1.29 is 14.7 Å². The van der Waals surface area contributed by atoms with Crippen LogP contribution in [0.15, 0.2) is 18.5 Å². The van der Waals surface area contributed by atoms with E-state index in [9.17, 15) is 9.59 Å². The highest BCUT2D eigenvalue weighted by molar-refractivity contribution is 5.85. The van der Waals surface area contributed by atoms with Gasteiger partial charge in [-0.1, -0.05) is 12.2 Å². The molecule has 3 N–H and O–H groups in total. The van der Waals surface area contributed by atoms with Crippen molar-refractivity contribution >= 4 is 11.9 Å². The van der Waals surface area contributed by atoms with E-state index in [0.29, 0.717) is 18.7 Å². The molecular weight excluding hydrogens is 236 g/mol. The van der Waals surface area contributed by atoms with Gasteiger partial charge in [-0.15, -0.1) is 0 Å². The molecule has 0 aliphatic heterocycles. The maximum absolute atomic E-state index is 11.9. The van der Waals surface area contributed by atoms with Crippen LogP contribution in [0.25, 0.3) is 0 Å². The minimum Gasteiger partial charge on any atom is -0.481 e. The number of aromatic nitrogens is 3. The maximum atomic E-state index is 11.9. The number of hydrogen-bond donors (Lipinski definition) is 3. The van der Waals surface area contributed by atoms with Crippen LogP contribution in [0, 0.1) is 11.8 Å². The molecule has 0 radical (unpaired) electrons. The Morgan fingerprint density at radius 1 is 1.39 bits per heavy atom. The van der Waals surface area contributed by atoms with Gasteiger partial charge < -0.3 is 10.4 Å². The van der Waals surface area contributed by atoms with E-state index in [1.54, 1.807) is 6.08 Å². The Labute approximate surface area is 103 Å². The SMILES string of the molecule is O=C(O)[C@H]1CC=CC[C@H]1C(=O)NCc1ncn[nH]1. The number of allylic oxidation sites excluding steroid dienone is 2. The van der Waals surface area contributed by atoms with Crippen molar-refractivity contribution in [3.63, 3.8) is 0 Å². The molecule has 0 unspecified atom stereocenters. The van der Waals surface area contributed by atoms with Crippen molar-refractivity contribution in [3.8, 4) is 0 Å². The van der Waals surface area contributed by atoms with E-state index in [4.69, 9.17) is 5.11 Å². The summed E-state index contributed by atoms with van der Waals surface area (Å²) in [5.74, 6) is -1.82. The van der Waals surface area contributed by atoms with E-state index in [-0.39, 0.29) is 12.5 Å². The second-order valence-electron chi connectivity index (χ2n) is 4.14. The molecule has 0 bridgehead atoms. The monoisotopic (exact) mass is 250 g/mol. The van der Waals surface area contributed by atoms with E-state index >= 15 is 0 Å². The molecule has 1 aromatic rings. The summed E-state index contributed by atoms with van der Waals surface area (Å²) >= 11 is 0. The van der Waals surface area contributed by atoms with Crippen molar-refractivity contribution in [1.82, 2.24) is 20.5 Å². The molecule has 1 amide bonds. The fraction of sp³-hybridized carbons (Fsp3) is 0.455. The minimum atomic E-state index is -0.931. The van der Waals surface area contributed by atoms with Crippen LogP contribution in [0.4, 0.5) is 0 Å². The number of hydrogen-bond acceptors (Lipinski definition) is 4. The molecule has 2 atom stereocenters. The Morgan fingerprint density at radius 3 is 2.72 bits per heavy atom. The molecule has 0 fully saturated rings. The van der Waals surface area contributed by atoms with Crippen molar-refractivity contribution in [2.24, 2.45) is 11.8 Å². The lowest BCUT2D eigenvalue weighted by atomic mass is 9.82. The lowest BCUT2D eigenvalue weighted by Crippen LogP contribution is -2.38. The third kappa shape index (κ3) is 2.73. The van der Waals surface area contributed by atoms with Crippen molar-refractivity contribution in [2.75, 3.05) is 0 Å². The number of H-pyrrole nitrogens is 1. The normalized spacial score (nSPS) is 22.7. The Balaban J connectivity index is 1.94. The van der Waals surface area contributed by atoms with Gasteiger partial charge in [-0.05, 0) is 12.8 Å². The fourth-order valence-electron chi connectivity index (χ4n) is 1.99. The molecule has 1 aromatic heterocycles. The van der Waals surface area contributed by atoms with Crippen molar-refractivity contribution in [3.05, 3.63) is 24.3 Å². The van der Waals surface area contributed by atoms with Gasteiger partial charge in [0, 0.05) is 0 Å².